The van der Waals surface area contributed by atoms with Gasteiger partial charge in [-0.15, -0.1) is 0 Å². The van der Waals surface area contributed by atoms with E-state index in [1.54, 1.807) is 7.11 Å². The first kappa shape index (κ1) is 33.9. The van der Waals surface area contributed by atoms with Crippen LogP contribution < -0.4 is 9.64 Å². The molecule has 3 saturated carbocycles. The summed E-state index contributed by atoms with van der Waals surface area (Å²) in [6.45, 7) is 14.5. The average Bonchev–Trinajstić information content (AvgIpc) is 3.79. The van der Waals surface area contributed by atoms with Crippen LogP contribution in [0.25, 0.3) is 5.69 Å². The molecular formula is C39H56N4O3Si. The van der Waals surface area contributed by atoms with Gasteiger partial charge in [0.1, 0.15) is 12.1 Å². The maximum absolute atomic E-state index is 14.5. The fraction of sp³-hybridized carbons (Fsp3) is 0.615. The van der Waals surface area contributed by atoms with E-state index in [1.807, 2.05) is 11.0 Å². The molecule has 1 heterocycles. The van der Waals surface area contributed by atoms with Gasteiger partial charge in [0.2, 0.25) is 5.91 Å². The Morgan fingerprint density at radius 1 is 0.936 bits per heavy atom. The van der Waals surface area contributed by atoms with Gasteiger partial charge in [0.05, 0.1) is 12.8 Å². The Bertz CT molecular complexity index is 1520. The largest absolute Gasteiger partial charge is 0.496 e. The van der Waals surface area contributed by atoms with Crippen molar-refractivity contribution in [1.82, 2.24) is 14.8 Å². The van der Waals surface area contributed by atoms with E-state index in [2.05, 4.69) is 93.1 Å². The number of anilines is 1. The van der Waals surface area contributed by atoms with Crippen LogP contribution in [0.4, 0.5) is 5.69 Å². The van der Waals surface area contributed by atoms with Crippen LogP contribution >= 0.6 is 0 Å². The molecule has 2 aromatic carbocycles. The molecule has 3 aliphatic rings. The summed E-state index contributed by atoms with van der Waals surface area (Å²) in [5.41, 5.74) is 4.55. The third-order valence-corrected chi connectivity index (χ3v) is 16.1. The number of hydrogen-bond donors (Lipinski definition) is 0. The van der Waals surface area contributed by atoms with Crippen molar-refractivity contribution in [2.75, 3.05) is 18.6 Å². The second kappa shape index (κ2) is 13.9. The third-order valence-electron chi connectivity index (χ3n) is 11.6. The van der Waals surface area contributed by atoms with Crippen molar-refractivity contribution in [3.63, 3.8) is 0 Å². The van der Waals surface area contributed by atoms with Gasteiger partial charge in [-0.1, -0.05) is 39.0 Å². The predicted octanol–water partition coefficient (Wildman–Crippen LogP) is 9.35. The summed E-state index contributed by atoms with van der Waals surface area (Å²) in [5, 5.41) is 4.98. The lowest BCUT2D eigenvalue weighted by Gasteiger charge is -2.41. The zero-order valence-electron chi connectivity index (χ0n) is 29.8. The molecule has 1 aromatic heterocycles. The van der Waals surface area contributed by atoms with E-state index < -0.39 is 8.32 Å². The highest BCUT2D eigenvalue weighted by Gasteiger charge is 2.41. The molecular weight excluding hydrogens is 601 g/mol. The van der Waals surface area contributed by atoms with E-state index in [0.717, 1.165) is 80.9 Å². The molecule has 7 nitrogen and oxygen atoms in total. The summed E-state index contributed by atoms with van der Waals surface area (Å²) < 4.78 is 14.2. The van der Waals surface area contributed by atoms with Crippen LogP contribution in [0.1, 0.15) is 114 Å². The van der Waals surface area contributed by atoms with Crippen LogP contribution in [0.5, 0.6) is 5.75 Å². The van der Waals surface area contributed by atoms with Gasteiger partial charge in [-0.2, -0.15) is 5.10 Å². The van der Waals surface area contributed by atoms with Gasteiger partial charge in [0.15, 0.2) is 14.1 Å². The fourth-order valence-electron chi connectivity index (χ4n) is 7.39. The van der Waals surface area contributed by atoms with Crippen LogP contribution in [-0.4, -0.2) is 48.7 Å². The van der Waals surface area contributed by atoms with Crippen molar-refractivity contribution in [2.24, 2.45) is 11.8 Å². The molecule has 3 fully saturated rings. The molecule has 0 N–H and O–H groups in total. The van der Waals surface area contributed by atoms with Crippen molar-refractivity contribution < 1.29 is 14.0 Å². The molecule has 6 rings (SSSR count). The maximum Gasteiger partial charge on any atom is 0.230 e. The Kier molecular flexibility index (Phi) is 10.0. The van der Waals surface area contributed by atoms with E-state index in [1.165, 1.54) is 24.0 Å². The Hall–Kier alpha value is -2.97. The zero-order valence-corrected chi connectivity index (χ0v) is 30.8. The minimum atomic E-state index is -1.84. The molecule has 0 spiro atoms. The summed E-state index contributed by atoms with van der Waals surface area (Å²) in [4.78, 5) is 21.2. The number of carbonyl (C=O) groups is 1. The predicted molar refractivity (Wildman–Crippen MR) is 192 cm³/mol. The number of benzene rings is 2. The number of rotatable bonds is 10. The van der Waals surface area contributed by atoms with Crippen molar-refractivity contribution in [3.8, 4) is 11.4 Å². The van der Waals surface area contributed by atoms with Crippen molar-refractivity contribution in [2.45, 2.75) is 128 Å². The van der Waals surface area contributed by atoms with E-state index in [4.69, 9.17) is 14.3 Å². The Morgan fingerprint density at radius 3 is 2.28 bits per heavy atom. The van der Waals surface area contributed by atoms with Gasteiger partial charge < -0.3 is 14.1 Å². The van der Waals surface area contributed by atoms with Gasteiger partial charge in [-0.25, -0.2) is 9.67 Å². The summed E-state index contributed by atoms with van der Waals surface area (Å²) in [7, 11) is -0.101. The first-order chi connectivity index (χ1) is 22.4. The van der Waals surface area contributed by atoms with Crippen LogP contribution in [0, 0.1) is 18.8 Å². The van der Waals surface area contributed by atoms with Crippen molar-refractivity contribution >= 4 is 19.9 Å². The SMILES string of the molecule is COc1ccc(C2CCC(CN(C(=O)C3CCC(O[Si](C)(C)C(C)(C)C)CC3)c3cccc(-n4cnc(C5CC5)n4)c3)CC2)cc1C. The number of aromatic nitrogens is 3. The second-order valence-electron chi connectivity index (χ2n) is 16.1. The van der Waals surface area contributed by atoms with Crippen LogP contribution in [0.2, 0.25) is 18.1 Å². The van der Waals surface area contributed by atoms with E-state index >= 15 is 0 Å². The first-order valence-electron chi connectivity index (χ1n) is 18.1. The van der Waals surface area contributed by atoms with E-state index in [0.29, 0.717) is 17.8 Å². The number of ether oxygens (including phenoxy) is 1. The zero-order chi connectivity index (χ0) is 33.3. The summed E-state index contributed by atoms with van der Waals surface area (Å²) in [6.07, 6.45) is 12.7. The second-order valence-corrected chi connectivity index (χ2v) is 20.8. The number of methoxy groups -OCH3 is 1. The van der Waals surface area contributed by atoms with E-state index in [-0.39, 0.29) is 23.0 Å². The minimum absolute atomic E-state index is 0.0318. The number of carbonyl (C=O) groups excluding carboxylic acids is 1. The molecule has 0 aliphatic heterocycles. The quantitative estimate of drug-likeness (QED) is 0.204. The normalized spacial score (nSPS) is 23.8. The number of aryl methyl sites for hydroxylation is 1. The number of nitrogens with zero attached hydrogens (tertiary/aromatic N) is 4. The summed E-state index contributed by atoms with van der Waals surface area (Å²) >= 11 is 0. The highest BCUT2D eigenvalue weighted by atomic mass is 28.4. The molecule has 0 bridgehead atoms. The molecule has 8 heteroatoms. The molecule has 47 heavy (non-hydrogen) atoms. The van der Waals surface area contributed by atoms with Crippen LogP contribution in [-0.2, 0) is 9.22 Å². The lowest BCUT2D eigenvalue weighted by Crippen LogP contribution is -2.46. The average molecular weight is 657 g/mol. The van der Waals surface area contributed by atoms with Gasteiger partial charge in [-0.05, 0) is 136 Å². The standard InChI is InChI=1S/C39H56N4O3Si/c1-27-23-32(19-22-36(27)45-5)29-13-11-28(12-14-29)25-42(33-9-8-10-34(24-33)43-26-40-37(41-43)30-15-16-30)38(44)31-17-20-35(21-18-31)46-47(6,7)39(2,3)4/h8-10,19,22-24,26,28-31,35H,11-18,20-21,25H2,1-7H3. The maximum atomic E-state index is 14.5. The molecule has 0 atom stereocenters. The molecule has 0 radical (unpaired) electrons. The van der Waals surface area contributed by atoms with Crippen molar-refractivity contribution in [3.05, 3.63) is 65.7 Å². The fourth-order valence-corrected chi connectivity index (χ4v) is 8.81. The van der Waals surface area contributed by atoms with E-state index in [9.17, 15) is 4.79 Å². The minimum Gasteiger partial charge on any atom is -0.496 e. The molecule has 254 valence electrons. The smallest absolute Gasteiger partial charge is 0.230 e. The monoisotopic (exact) mass is 656 g/mol. The number of amides is 1. The lowest BCUT2D eigenvalue weighted by atomic mass is 9.78. The molecule has 0 unspecified atom stereocenters. The van der Waals surface area contributed by atoms with Gasteiger partial charge in [-0.3, -0.25) is 4.79 Å². The van der Waals surface area contributed by atoms with Crippen molar-refractivity contribution in [1.29, 1.82) is 0 Å². The van der Waals surface area contributed by atoms with Gasteiger partial charge in [0, 0.05) is 30.2 Å². The van der Waals surface area contributed by atoms with Crippen LogP contribution in [0.3, 0.4) is 0 Å². The Morgan fingerprint density at radius 2 is 1.64 bits per heavy atom. The Balaban J connectivity index is 1.17. The molecule has 1 amide bonds. The van der Waals surface area contributed by atoms with Crippen LogP contribution in [0.15, 0.2) is 48.8 Å². The summed E-state index contributed by atoms with van der Waals surface area (Å²) in [6, 6.07) is 15.0. The summed E-state index contributed by atoms with van der Waals surface area (Å²) in [5.74, 6) is 3.74. The topological polar surface area (TPSA) is 69.5 Å². The number of hydrogen-bond acceptors (Lipinski definition) is 5. The highest BCUT2D eigenvalue weighted by Crippen LogP contribution is 2.42. The molecule has 0 saturated heterocycles. The van der Waals surface area contributed by atoms with Gasteiger partial charge in [0.25, 0.3) is 0 Å². The Labute approximate surface area is 283 Å². The molecule has 3 aromatic rings. The highest BCUT2D eigenvalue weighted by molar-refractivity contribution is 6.74. The first-order valence-corrected chi connectivity index (χ1v) is 21.0. The lowest BCUT2D eigenvalue weighted by molar-refractivity contribution is -0.124. The third kappa shape index (κ3) is 7.85. The molecule has 3 aliphatic carbocycles. The van der Waals surface area contributed by atoms with Gasteiger partial charge >= 0.3 is 0 Å².